The Hall–Kier alpha value is -8.92. The summed E-state index contributed by atoms with van der Waals surface area (Å²) >= 11 is 0. The maximum absolute atomic E-state index is 2.43. The fourth-order valence-electron chi connectivity index (χ4n) is 10.4. The lowest BCUT2D eigenvalue weighted by Gasteiger charge is -2.34. The first kappa shape index (κ1) is 38.5. The Morgan fingerprint density at radius 2 is 0.851 bits per heavy atom. The predicted molar refractivity (Wildman–Crippen MR) is 283 cm³/mol. The van der Waals surface area contributed by atoms with Gasteiger partial charge in [-0.1, -0.05) is 170 Å². The van der Waals surface area contributed by atoms with Crippen LogP contribution in [0.2, 0.25) is 0 Å². The standard InChI is InChI=1S/C64H43N3/c1-5-17-44(18-6-1)49-39-50(45-19-7-2-8-20-45)41-55(40-49)65(54-36-38-61-59(43-54)56-27-13-14-29-60(56)66(61)51-23-9-3-10-24-51)53-34-31-46(32-35-53)48-33-37-57-58-28-15-21-47-22-16-30-62(64(47)58)67(63(57)42-48)52-25-11-4-12-26-52/h1-43H. The highest BCUT2D eigenvalue weighted by Gasteiger charge is 2.27. The largest absolute Gasteiger partial charge is 0.310 e. The van der Waals surface area contributed by atoms with Gasteiger partial charge >= 0.3 is 0 Å². The van der Waals surface area contributed by atoms with Crippen molar-refractivity contribution >= 4 is 66.7 Å². The van der Waals surface area contributed by atoms with E-state index in [1.54, 1.807) is 0 Å². The second kappa shape index (κ2) is 16.0. The molecule has 3 heteroatoms. The van der Waals surface area contributed by atoms with Crippen molar-refractivity contribution < 1.29 is 0 Å². The second-order valence-corrected chi connectivity index (χ2v) is 17.4. The predicted octanol–water partition coefficient (Wildman–Crippen LogP) is 17.9. The van der Waals surface area contributed by atoms with E-state index in [0.29, 0.717) is 0 Å². The molecule has 0 aliphatic carbocycles. The van der Waals surface area contributed by atoms with Crippen LogP contribution in [-0.2, 0) is 0 Å². The average Bonchev–Trinajstić information content (AvgIpc) is 3.74. The molecular formula is C64H43N3. The van der Waals surface area contributed by atoms with Crippen LogP contribution in [0.3, 0.4) is 0 Å². The Morgan fingerprint density at radius 1 is 0.284 bits per heavy atom. The highest BCUT2D eigenvalue weighted by molar-refractivity contribution is 6.14. The van der Waals surface area contributed by atoms with Crippen molar-refractivity contribution in [2.24, 2.45) is 0 Å². The third kappa shape index (κ3) is 6.59. The maximum Gasteiger partial charge on any atom is 0.0546 e. The molecule has 0 fully saturated rings. The Bertz CT molecular complexity index is 3720. The van der Waals surface area contributed by atoms with Crippen LogP contribution in [-0.4, -0.2) is 4.57 Å². The molecule has 0 bridgehead atoms. The van der Waals surface area contributed by atoms with Gasteiger partial charge in [0.25, 0.3) is 0 Å². The van der Waals surface area contributed by atoms with Crippen LogP contribution in [0.15, 0.2) is 261 Å². The van der Waals surface area contributed by atoms with E-state index in [-0.39, 0.29) is 0 Å². The van der Waals surface area contributed by atoms with Crippen molar-refractivity contribution in [3.05, 3.63) is 261 Å². The minimum atomic E-state index is 1.07. The van der Waals surface area contributed by atoms with Gasteiger partial charge in [-0.25, -0.2) is 0 Å². The van der Waals surface area contributed by atoms with Gasteiger partial charge in [0, 0.05) is 50.2 Å². The van der Waals surface area contributed by atoms with Gasteiger partial charge in [0.2, 0.25) is 0 Å². The summed E-state index contributed by atoms with van der Waals surface area (Å²) in [6.45, 7) is 0. The highest BCUT2D eigenvalue weighted by atomic mass is 15.2. The number of rotatable bonds is 8. The summed E-state index contributed by atoms with van der Waals surface area (Å²) in [6.07, 6.45) is 0. The summed E-state index contributed by atoms with van der Waals surface area (Å²) in [6, 6.07) is 95.0. The topological polar surface area (TPSA) is 11.4 Å². The van der Waals surface area contributed by atoms with Crippen LogP contribution in [0.1, 0.15) is 0 Å². The molecule has 11 aromatic carbocycles. The molecule has 0 saturated carbocycles. The van der Waals surface area contributed by atoms with E-state index in [1.807, 2.05) is 0 Å². The number of nitrogens with zero attached hydrogens (tertiary/aromatic N) is 3. The summed E-state index contributed by atoms with van der Waals surface area (Å²) in [5, 5.41) is 4.96. The molecule has 3 nitrogen and oxygen atoms in total. The van der Waals surface area contributed by atoms with E-state index in [0.717, 1.165) is 50.7 Å². The van der Waals surface area contributed by atoms with Crippen molar-refractivity contribution in [1.82, 2.24) is 4.57 Å². The molecule has 1 aromatic heterocycles. The first-order chi connectivity index (χ1) is 33.2. The summed E-state index contributed by atoms with van der Waals surface area (Å²) in [4.78, 5) is 4.86. The molecule has 0 spiro atoms. The van der Waals surface area contributed by atoms with Gasteiger partial charge in [-0.2, -0.15) is 0 Å². The average molecular weight is 854 g/mol. The minimum absolute atomic E-state index is 1.07. The summed E-state index contributed by atoms with van der Waals surface area (Å²) in [7, 11) is 0. The number of hydrogen-bond donors (Lipinski definition) is 0. The van der Waals surface area contributed by atoms with Crippen molar-refractivity contribution in [2.45, 2.75) is 0 Å². The van der Waals surface area contributed by atoms with E-state index >= 15 is 0 Å². The van der Waals surface area contributed by atoms with Crippen LogP contribution in [0.4, 0.5) is 34.1 Å². The minimum Gasteiger partial charge on any atom is -0.310 e. The molecule has 314 valence electrons. The number of anilines is 6. The Balaban J connectivity index is 0.986. The smallest absolute Gasteiger partial charge is 0.0546 e. The molecule has 0 unspecified atom stereocenters. The quantitative estimate of drug-likeness (QED) is 0.151. The van der Waals surface area contributed by atoms with E-state index in [1.165, 1.54) is 66.2 Å². The Labute approximate surface area is 390 Å². The van der Waals surface area contributed by atoms with Crippen LogP contribution < -0.4 is 9.80 Å². The third-order valence-corrected chi connectivity index (χ3v) is 13.4. The van der Waals surface area contributed by atoms with Crippen molar-refractivity contribution in [3.8, 4) is 50.2 Å². The summed E-state index contributed by atoms with van der Waals surface area (Å²) in [5.41, 5.74) is 19.8. The molecule has 0 atom stereocenters. The molecule has 1 aliphatic rings. The fraction of sp³-hybridized carbons (Fsp3) is 0. The molecule has 12 aromatic rings. The Kier molecular flexibility index (Phi) is 9.17. The monoisotopic (exact) mass is 853 g/mol. The zero-order valence-electron chi connectivity index (χ0n) is 36.7. The van der Waals surface area contributed by atoms with Gasteiger partial charge in [0.15, 0.2) is 0 Å². The van der Waals surface area contributed by atoms with Gasteiger partial charge in [-0.3, -0.25) is 0 Å². The Morgan fingerprint density at radius 3 is 1.55 bits per heavy atom. The van der Waals surface area contributed by atoms with Crippen molar-refractivity contribution in [1.29, 1.82) is 0 Å². The van der Waals surface area contributed by atoms with E-state index in [4.69, 9.17) is 0 Å². The van der Waals surface area contributed by atoms with E-state index in [2.05, 4.69) is 275 Å². The zero-order valence-corrected chi connectivity index (χ0v) is 36.7. The van der Waals surface area contributed by atoms with Gasteiger partial charge in [-0.05, 0) is 135 Å². The lowest BCUT2D eigenvalue weighted by molar-refractivity contribution is 1.18. The number of para-hydroxylation sites is 3. The van der Waals surface area contributed by atoms with Gasteiger partial charge in [0.1, 0.15) is 0 Å². The van der Waals surface area contributed by atoms with E-state index < -0.39 is 0 Å². The molecule has 2 heterocycles. The van der Waals surface area contributed by atoms with Crippen molar-refractivity contribution in [2.75, 3.05) is 9.80 Å². The van der Waals surface area contributed by atoms with Crippen LogP contribution in [0.25, 0.3) is 82.8 Å². The molecule has 1 aliphatic heterocycles. The number of fused-ring (bicyclic) bond motifs is 5. The van der Waals surface area contributed by atoms with Crippen LogP contribution in [0, 0.1) is 0 Å². The van der Waals surface area contributed by atoms with E-state index in [9.17, 15) is 0 Å². The SMILES string of the molecule is c1ccc(-c2cc(-c3ccccc3)cc(N(c3ccc(-c4ccc5c(c4)N(c4ccccc4)c4cccc6cccc-5c46)cc3)c3ccc4c(c3)c3ccccc3n4-c3ccccc3)c2)cc1. The summed E-state index contributed by atoms with van der Waals surface area (Å²) < 4.78 is 2.38. The fourth-order valence-corrected chi connectivity index (χ4v) is 10.4. The highest BCUT2D eigenvalue weighted by Crippen LogP contribution is 2.52. The number of benzene rings is 11. The van der Waals surface area contributed by atoms with Gasteiger partial charge in [-0.15, -0.1) is 0 Å². The second-order valence-electron chi connectivity index (χ2n) is 17.4. The first-order valence-electron chi connectivity index (χ1n) is 23.0. The molecule has 0 N–H and O–H groups in total. The molecular weight excluding hydrogens is 811 g/mol. The lowest BCUT2D eigenvalue weighted by atomic mass is 9.89. The zero-order chi connectivity index (χ0) is 44.3. The molecule has 0 amide bonds. The lowest BCUT2D eigenvalue weighted by Crippen LogP contribution is -2.15. The molecule has 0 saturated heterocycles. The van der Waals surface area contributed by atoms with Crippen molar-refractivity contribution in [3.63, 3.8) is 0 Å². The molecule has 0 radical (unpaired) electrons. The van der Waals surface area contributed by atoms with Gasteiger partial charge in [0.05, 0.1) is 22.4 Å². The van der Waals surface area contributed by atoms with Crippen LogP contribution in [0.5, 0.6) is 0 Å². The third-order valence-electron chi connectivity index (χ3n) is 13.4. The van der Waals surface area contributed by atoms with Crippen LogP contribution >= 0.6 is 0 Å². The molecule has 13 rings (SSSR count). The summed E-state index contributed by atoms with van der Waals surface area (Å²) in [5.74, 6) is 0. The maximum atomic E-state index is 2.43. The normalized spacial score (nSPS) is 11.9. The molecule has 67 heavy (non-hydrogen) atoms. The first-order valence-corrected chi connectivity index (χ1v) is 23.0. The van der Waals surface area contributed by atoms with Gasteiger partial charge < -0.3 is 14.4 Å². The number of aromatic nitrogens is 1. The number of hydrogen-bond acceptors (Lipinski definition) is 2.